The molecule has 1 aromatic carbocycles. The Morgan fingerprint density at radius 1 is 1.17 bits per heavy atom. The molecule has 0 radical (unpaired) electrons. The normalized spacial score (nSPS) is 10.9. The van der Waals surface area contributed by atoms with Crippen LogP contribution in [0.15, 0.2) is 30.5 Å². The predicted octanol–water partition coefficient (Wildman–Crippen LogP) is 5.89. The maximum atomic E-state index is 11.9. The number of nitrogens with zero attached hydrogens (tertiary/aromatic N) is 1. The molecule has 0 fully saturated rings. The van der Waals surface area contributed by atoms with Crippen LogP contribution in [0, 0.1) is 0 Å². The molecule has 0 bridgehead atoms. The Labute approximate surface area is 153 Å². The van der Waals surface area contributed by atoms with Gasteiger partial charge in [-0.1, -0.05) is 62.4 Å². The van der Waals surface area contributed by atoms with E-state index in [4.69, 9.17) is 16.3 Å². The number of thioether (sulfide) groups is 1. The summed E-state index contributed by atoms with van der Waals surface area (Å²) in [5.74, 6) is 1.47. The Morgan fingerprint density at radius 2 is 1.96 bits per heavy atom. The molecule has 1 aromatic heterocycles. The SMILES string of the molecule is CCCCCCCCSC(=O)COc1ccc(Cl)c2cccnc12. The zero-order valence-electron chi connectivity index (χ0n) is 14.1. The summed E-state index contributed by atoms with van der Waals surface area (Å²) in [4.78, 5) is 16.2. The van der Waals surface area contributed by atoms with Crippen LogP contribution in [0.4, 0.5) is 0 Å². The lowest BCUT2D eigenvalue weighted by Gasteiger charge is -2.09. The summed E-state index contributed by atoms with van der Waals surface area (Å²) in [7, 11) is 0. The number of fused-ring (bicyclic) bond motifs is 1. The number of unbranched alkanes of at least 4 members (excludes halogenated alkanes) is 5. The van der Waals surface area contributed by atoms with Crippen molar-refractivity contribution in [2.24, 2.45) is 0 Å². The Kier molecular flexibility index (Phi) is 8.40. The second-order valence-electron chi connectivity index (χ2n) is 5.72. The first-order valence-corrected chi connectivity index (χ1v) is 9.90. The molecule has 0 aliphatic heterocycles. The van der Waals surface area contributed by atoms with Gasteiger partial charge in [-0.3, -0.25) is 9.78 Å². The number of carbonyl (C=O) groups is 1. The molecule has 0 saturated heterocycles. The van der Waals surface area contributed by atoms with Gasteiger partial charge in [-0.05, 0) is 30.7 Å². The number of carbonyl (C=O) groups excluding carboxylic acids is 1. The van der Waals surface area contributed by atoms with Crippen LogP contribution in [0.3, 0.4) is 0 Å². The van der Waals surface area contributed by atoms with Crippen molar-refractivity contribution in [1.82, 2.24) is 4.98 Å². The Hall–Kier alpha value is -1.26. The van der Waals surface area contributed by atoms with E-state index in [-0.39, 0.29) is 11.7 Å². The predicted molar refractivity (Wildman–Crippen MR) is 103 cm³/mol. The third kappa shape index (κ3) is 5.99. The first-order chi connectivity index (χ1) is 11.7. The molecule has 2 aromatic rings. The minimum Gasteiger partial charge on any atom is -0.483 e. The smallest absolute Gasteiger partial charge is 0.226 e. The van der Waals surface area contributed by atoms with Crippen molar-refractivity contribution in [3.05, 3.63) is 35.5 Å². The molecule has 1 heterocycles. The molecule has 0 aliphatic rings. The van der Waals surface area contributed by atoms with E-state index in [0.29, 0.717) is 16.3 Å². The van der Waals surface area contributed by atoms with E-state index < -0.39 is 0 Å². The zero-order valence-corrected chi connectivity index (χ0v) is 15.7. The lowest BCUT2D eigenvalue weighted by atomic mass is 10.1. The Balaban J connectivity index is 1.74. The van der Waals surface area contributed by atoms with Gasteiger partial charge in [0.25, 0.3) is 0 Å². The second-order valence-corrected chi connectivity index (χ2v) is 7.28. The first kappa shape index (κ1) is 19.1. The number of rotatable bonds is 10. The van der Waals surface area contributed by atoms with E-state index in [1.807, 2.05) is 12.1 Å². The van der Waals surface area contributed by atoms with E-state index in [2.05, 4.69) is 11.9 Å². The van der Waals surface area contributed by atoms with Crippen molar-refractivity contribution in [2.75, 3.05) is 12.4 Å². The molecule has 0 atom stereocenters. The average Bonchev–Trinajstić information content (AvgIpc) is 2.60. The Bertz CT molecular complexity index is 663. The molecule has 2 rings (SSSR count). The van der Waals surface area contributed by atoms with Gasteiger partial charge in [0.1, 0.15) is 11.3 Å². The number of halogens is 1. The van der Waals surface area contributed by atoms with Crippen LogP contribution in [0.5, 0.6) is 5.75 Å². The van der Waals surface area contributed by atoms with Crippen LogP contribution in [0.1, 0.15) is 45.4 Å². The van der Waals surface area contributed by atoms with Gasteiger partial charge in [0.15, 0.2) is 6.61 Å². The molecule has 3 nitrogen and oxygen atoms in total. The van der Waals surface area contributed by atoms with Crippen LogP contribution < -0.4 is 4.74 Å². The fourth-order valence-corrected chi connectivity index (χ4v) is 3.41. The van der Waals surface area contributed by atoms with Crippen molar-refractivity contribution >= 4 is 39.4 Å². The van der Waals surface area contributed by atoms with Gasteiger partial charge in [-0.15, -0.1) is 0 Å². The lowest BCUT2D eigenvalue weighted by molar-refractivity contribution is -0.112. The van der Waals surface area contributed by atoms with Gasteiger partial charge in [-0.2, -0.15) is 0 Å². The Morgan fingerprint density at radius 3 is 2.79 bits per heavy atom. The first-order valence-electron chi connectivity index (χ1n) is 8.54. The molecule has 130 valence electrons. The molecular weight excluding hydrogens is 342 g/mol. The molecule has 0 unspecified atom stereocenters. The zero-order chi connectivity index (χ0) is 17.2. The van der Waals surface area contributed by atoms with Crippen LogP contribution >= 0.6 is 23.4 Å². The fraction of sp³-hybridized carbons (Fsp3) is 0.474. The number of aromatic nitrogens is 1. The molecule has 0 amide bonds. The highest BCUT2D eigenvalue weighted by molar-refractivity contribution is 8.13. The van der Waals surface area contributed by atoms with E-state index in [9.17, 15) is 4.79 Å². The number of hydrogen-bond acceptors (Lipinski definition) is 4. The van der Waals surface area contributed by atoms with Crippen LogP contribution in [0.25, 0.3) is 10.9 Å². The molecule has 0 saturated carbocycles. The minimum absolute atomic E-state index is 0.0580. The highest BCUT2D eigenvalue weighted by Crippen LogP contribution is 2.29. The number of pyridine rings is 1. The maximum absolute atomic E-state index is 11.9. The number of hydrogen-bond donors (Lipinski definition) is 0. The van der Waals surface area contributed by atoms with Gasteiger partial charge in [0.05, 0.1) is 5.02 Å². The van der Waals surface area contributed by atoms with Crippen molar-refractivity contribution in [3.63, 3.8) is 0 Å². The largest absolute Gasteiger partial charge is 0.483 e. The van der Waals surface area contributed by atoms with Crippen molar-refractivity contribution < 1.29 is 9.53 Å². The topological polar surface area (TPSA) is 39.2 Å². The lowest BCUT2D eigenvalue weighted by Crippen LogP contribution is -2.08. The molecule has 24 heavy (non-hydrogen) atoms. The summed E-state index contributed by atoms with van der Waals surface area (Å²) in [5, 5.41) is 1.53. The van der Waals surface area contributed by atoms with Crippen molar-refractivity contribution in [2.45, 2.75) is 45.4 Å². The number of benzene rings is 1. The summed E-state index contributed by atoms with van der Waals surface area (Å²) in [6.45, 7) is 2.28. The van der Waals surface area contributed by atoms with E-state index in [1.165, 1.54) is 43.9 Å². The molecule has 0 spiro atoms. The third-order valence-corrected chi connectivity index (χ3v) is 5.05. The molecule has 0 N–H and O–H groups in total. The molecular formula is C19H24ClNO2S. The van der Waals surface area contributed by atoms with E-state index >= 15 is 0 Å². The van der Waals surface area contributed by atoms with Crippen molar-refractivity contribution in [3.8, 4) is 5.75 Å². The quantitative estimate of drug-likeness (QED) is 0.492. The standard InChI is InChI=1S/C19H24ClNO2S/c1-2-3-4-5-6-7-13-24-18(22)14-23-17-11-10-16(20)15-9-8-12-21-19(15)17/h8-12H,2-7,13-14H2,1H3. The molecule has 5 heteroatoms. The van der Waals surface area contributed by atoms with Gasteiger partial charge in [-0.25, -0.2) is 0 Å². The highest BCUT2D eigenvalue weighted by Gasteiger charge is 2.09. The monoisotopic (exact) mass is 365 g/mol. The second kappa shape index (κ2) is 10.6. The van der Waals surface area contributed by atoms with Gasteiger partial charge in [0, 0.05) is 17.3 Å². The summed E-state index contributed by atoms with van der Waals surface area (Å²) in [5.41, 5.74) is 0.693. The summed E-state index contributed by atoms with van der Waals surface area (Å²) < 4.78 is 5.65. The van der Waals surface area contributed by atoms with Crippen molar-refractivity contribution in [1.29, 1.82) is 0 Å². The maximum Gasteiger partial charge on any atom is 0.226 e. The highest BCUT2D eigenvalue weighted by atomic mass is 35.5. The average molecular weight is 366 g/mol. The van der Waals surface area contributed by atoms with Gasteiger partial charge < -0.3 is 4.74 Å². The summed E-state index contributed by atoms with van der Waals surface area (Å²) >= 11 is 7.51. The van der Waals surface area contributed by atoms with Crippen LogP contribution in [-0.2, 0) is 4.79 Å². The van der Waals surface area contributed by atoms with Crippen LogP contribution in [-0.4, -0.2) is 22.5 Å². The van der Waals surface area contributed by atoms with Gasteiger partial charge in [0.2, 0.25) is 5.12 Å². The van der Waals surface area contributed by atoms with E-state index in [1.54, 1.807) is 18.3 Å². The van der Waals surface area contributed by atoms with Gasteiger partial charge >= 0.3 is 0 Å². The minimum atomic E-state index is 0.0580. The summed E-state index contributed by atoms with van der Waals surface area (Å²) in [6, 6.07) is 7.27. The number of ether oxygens (including phenoxy) is 1. The molecule has 0 aliphatic carbocycles. The van der Waals surface area contributed by atoms with Crippen LogP contribution in [0.2, 0.25) is 5.02 Å². The third-order valence-electron chi connectivity index (χ3n) is 3.79. The summed E-state index contributed by atoms with van der Waals surface area (Å²) in [6.07, 6.45) is 9.12. The van der Waals surface area contributed by atoms with E-state index in [0.717, 1.165) is 17.6 Å². The fourth-order valence-electron chi connectivity index (χ4n) is 2.48.